The fraction of sp³-hybridized carbons (Fsp3) is 0. The summed E-state index contributed by atoms with van der Waals surface area (Å²) in [4.78, 5) is 0. The van der Waals surface area contributed by atoms with E-state index in [-0.39, 0.29) is 5.69 Å². The van der Waals surface area contributed by atoms with Gasteiger partial charge in [0.15, 0.2) is 0 Å². The molecule has 4 rings (SSSR count). The SMILES string of the molecule is [2H]c1nn(-c2c([2H])c([2H])c([2H])c([2H])c2[2H])c([2H])c1[2H].c1ccc(-n2cccn2)cc1. The van der Waals surface area contributed by atoms with Crippen LogP contribution in [0.2, 0.25) is 0 Å². The summed E-state index contributed by atoms with van der Waals surface area (Å²) in [6.45, 7) is 0. The van der Waals surface area contributed by atoms with E-state index in [1.165, 1.54) is 0 Å². The Morgan fingerprint density at radius 1 is 0.773 bits per heavy atom. The summed E-state index contributed by atoms with van der Waals surface area (Å²) in [5, 5.41) is 7.66. The molecule has 0 atom stereocenters. The molecule has 2 aromatic carbocycles. The Bertz CT molecular complexity index is 1140. The van der Waals surface area contributed by atoms with Crippen LogP contribution in [0.4, 0.5) is 0 Å². The molecule has 0 radical (unpaired) electrons. The molecule has 0 saturated heterocycles. The van der Waals surface area contributed by atoms with Gasteiger partial charge in [0.1, 0.15) is 0 Å². The van der Waals surface area contributed by atoms with E-state index in [0.29, 0.717) is 4.68 Å². The van der Waals surface area contributed by atoms with Crippen molar-refractivity contribution in [3.63, 3.8) is 0 Å². The molecule has 0 unspecified atom stereocenters. The summed E-state index contributed by atoms with van der Waals surface area (Å²) >= 11 is 0. The predicted octanol–water partition coefficient (Wildman–Crippen LogP) is 3.74. The molecule has 108 valence electrons. The second-order valence-corrected chi connectivity index (χ2v) is 4.02. The minimum absolute atomic E-state index is 0.331. The van der Waals surface area contributed by atoms with Gasteiger partial charge in [-0.25, -0.2) is 9.36 Å². The summed E-state index contributed by atoms with van der Waals surface area (Å²) in [6, 6.07) is 8.77. The number of hydrogen-bond acceptors (Lipinski definition) is 2. The van der Waals surface area contributed by atoms with Crippen LogP contribution in [0.5, 0.6) is 0 Å². The minimum Gasteiger partial charge on any atom is -0.241 e. The standard InChI is InChI=1S/2C9H8N2/c2*1-2-5-9(6-3-1)11-8-4-7-10-11/h2*1-8H/i1D,2D,3D,4D,5D,6D,7D,8D;. The zero-order valence-electron chi connectivity index (χ0n) is 19.4. The van der Waals surface area contributed by atoms with Gasteiger partial charge in [0.05, 0.1) is 22.3 Å². The molecule has 4 heteroatoms. The lowest BCUT2D eigenvalue weighted by Gasteiger charge is -1.97. The van der Waals surface area contributed by atoms with Crippen molar-refractivity contribution in [3.05, 3.63) is 97.4 Å². The Morgan fingerprint density at radius 3 is 2.23 bits per heavy atom. The highest BCUT2D eigenvalue weighted by molar-refractivity contribution is 5.30. The van der Waals surface area contributed by atoms with Crippen molar-refractivity contribution in [1.29, 1.82) is 0 Å². The molecule has 4 aromatic rings. The fourth-order valence-electron chi connectivity index (χ4n) is 1.64. The van der Waals surface area contributed by atoms with Crippen LogP contribution in [0.15, 0.2) is 97.4 Å². The molecule has 4 nitrogen and oxygen atoms in total. The summed E-state index contributed by atoms with van der Waals surface area (Å²) in [7, 11) is 0. The zero-order valence-corrected chi connectivity index (χ0v) is 11.4. The van der Waals surface area contributed by atoms with E-state index in [1.54, 1.807) is 6.20 Å². The Hall–Kier alpha value is -3.14. The molecule has 0 bridgehead atoms. The molecule has 2 heterocycles. The minimum atomic E-state index is -0.552. The third kappa shape index (κ3) is 3.49. The van der Waals surface area contributed by atoms with E-state index in [1.807, 2.05) is 47.3 Å². The van der Waals surface area contributed by atoms with E-state index in [9.17, 15) is 0 Å². The van der Waals surface area contributed by atoms with Crippen molar-refractivity contribution in [1.82, 2.24) is 19.6 Å². The molecule has 0 fully saturated rings. The number of aromatic nitrogens is 4. The van der Waals surface area contributed by atoms with Gasteiger partial charge < -0.3 is 0 Å². The van der Waals surface area contributed by atoms with Crippen molar-refractivity contribution >= 4 is 0 Å². The number of benzene rings is 2. The molecule has 0 amide bonds. The molecule has 0 spiro atoms. The maximum Gasteiger partial charge on any atom is 0.0860 e. The van der Waals surface area contributed by atoms with Gasteiger partial charge in [-0.15, -0.1) is 0 Å². The average molecular weight is 296 g/mol. The molecule has 0 saturated carbocycles. The summed E-state index contributed by atoms with van der Waals surface area (Å²) < 4.78 is 62.8. The van der Waals surface area contributed by atoms with Gasteiger partial charge in [-0.3, -0.25) is 0 Å². The van der Waals surface area contributed by atoms with E-state index in [2.05, 4.69) is 10.2 Å². The first-order valence-corrected chi connectivity index (χ1v) is 6.39. The fourth-order valence-corrected chi connectivity index (χ4v) is 1.64. The monoisotopic (exact) mass is 296 g/mol. The number of hydrogen-bond donors (Lipinski definition) is 0. The van der Waals surface area contributed by atoms with Crippen molar-refractivity contribution in [3.8, 4) is 11.4 Å². The van der Waals surface area contributed by atoms with Gasteiger partial charge in [-0.1, -0.05) is 36.3 Å². The van der Waals surface area contributed by atoms with Gasteiger partial charge in [0.25, 0.3) is 0 Å². The quantitative estimate of drug-likeness (QED) is 0.565. The van der Waals surface area contributed by atoms with E-state index in [4.69, 9.17) is 11.0 Å². The highest BCUT2D eigenvalue weighted by Crippen LogP contribution is 2.04. The van der Waals surface area contributed by atoms with Crippen LogP contribution >= 0.6 is 0 Å². The normalized spacial score (nSPS) is 14.9. The number of para-hydroxylation sites is 2. The predicted molar refractivity (Wildman–Crippen MR) is 87.1 cm³/mol. The summed E-state index contributed by atoms with van der Waals surface area (Å²) in [6.07, 6.45) is 2.71. The van der Waals surface area contributed by atoms with E-state index in [0.717, 1.165) is 5.69 Å². The van der Waals surface area contributed by atoms with Gasteiger partial charge in [0.2, 0.25) is 0 Å². The van der Waals surface area contributed by atoms with Gasteiger partial charge in [-0.05, 0) is 36.3 Å². The van der Waals surface area contributed by atoms with Crippen molar-refractivity contribution < 1.29 is 11.0 Å². The van der Waals surface area contributed by atoms with Crippen LogP contribution in [0.3, 0.4) is 0 Å². The van der Waals surface area contributed by atoms with Crippen LogP contribution in [-0.2, 0) is 0 Å². The maximum atomic E-state index is 7.71. The van der Waals surface area contributed by atoms with E-state index >= 15 is 0 Å². The van der Waals surface area contributed by atoms with Crippen molar-refractivity contribution in [2.75, 3.05) is 0 Å². The summed E-state index contributed by atoms with van der Waals surface area (Å²) in [5.41, 5.74) is 0.764. The van der Waals surface area contributed by atoms with Crippen LogP contribution in [-0.4, -0.2) is 19.6 Å². The van der Waals surface area contributed by atoms with Crippen molar-refractivity contribution in [2.45, 2.75) is 0 Å². The smallest absolute Gasteiger partial charge is 0.0860 e. The third-order valence-corrected chi connectivity index (χ3v) is 2.59. The first-order valence-electron chi connectivity index (χ1n) is 10.4. The molecule has 0 aliphatic rings. The highest BCUT2D eigenvalue weighted by atomic mass is 15.3. The molecule has 22 heavy (non-hydrogen) atoms. The van der Waals surface area contributed by atoms with E-state index < -0.39 is 48.6 Å². The molecule has 0 aliphatic heterocycles. The Kier molecular flexibility index (Phi) is 2.31. The molecular weight excluding hydrogens is 272 g/mol. The Balaban J connectivity index is 0.000000196. The van der Waals surface area contributed by atoms with Crippen LogP contribution in [0.1, 0.15) is 11.0 Å². The summed E-state index contributed by atoms with van der Waals surface area (Å²) in [5.74, 6) is 0. The van der Waals surface area contributed by atoms with Gasteiger partial charge in [0, 0.05) is 24.7 Å². The molecule has 0 N–H and O–H groups in total. The largest absolute Gasteiger partial charge is 0.241 e. The third-order valence-electron chi connectivity index (χ3n) is 2.59. The second kappa shape index (κ2) is 7.04. The van der Waals surface area contributed by atoms with Gasteiger partial charge in [-0.2, -0.15) is 10.2 Å². The van der Waals surface area contributed by atoms with Crippen LogP contribution < -0.4 is 0 Å². The lowest BCUT2D eigenvalue weighted by Crippen LogP contribution is -1.91. The Labute approximate surface area is 140 Å². The average Bonchev–Trinajstić information content (AvgIpc) is 3.38. The molecular formula is C18H16N4. The van der Waals surface area contributed by atoms with Gasteiger partial charge >= 0.3 is 0 Å². The lowest BCUT2D eigenvalue weighted by atomic mass is 10.3. The van der Waals surface area contributed by atoms with Crippen molar-refractivity contribution in [2.24, 2.45) is 0 Å². The topological polar surface area (TPSA) is 35.6 Å². The first-order chi connectivity index (χ1) is 14.2. The zero-order chi connectivity index (χ0) is 22.0. The second-order valence-electron chi connectivity index (χ2n) is 4.02. The maximum absolute atomic E-state index is 7.71. The molecule has 2 aromatic heterocycles. The molecule has 0 aliphatic carbocycles. The highest BCUT2D eigenvalue weighted by Gasteiger charge is 1.91. The Morgan fingerprint density at radius 2 is 1.59 bits per heavy atom. The van der Waals surface area contributed by atoms with Crippen LogP contribution in [0, 0.1) is 0 Å². The number of nitrogens with zero attached hydrogens (tertiary/aromatic N) is 4. The van der Waals surface area contributed by atoms with Crippen LogP contribution in [0.25, 0.3) is 11.4 Å². The lowest BCUT2D eigenvalue weighted by molar-refractivity contribution is 0.880. The number of rotatable bonds is 2. The first kappa shape index (κ1) is 7.22.